The number of carbonyl (C=O) groups is 2. The van der Waals surface area contributed by atoms with Crippen LogP contribution in [0.4, 0.5) is 4.79 Å². The van der Waals surface area contributed by atoms with Crippen molar-refractivity contribution in [2.45, 2.75) is 32.6 Å². The Labute approximate surface area is 205 Å². The Hall–Kier alpha value is -3.87. The fourth-order valence-electron chi connectivity index (χ4n) is 4.12. The van der Waals surface area contributed by atoms with Crippen LogP contribution in [0.25, 0.3) is 0 Å². The van der Waals surface area contributed by atoms with Gasteiger partial charge in [-0.2, -0.15) is 0 Å². The Morgan fingerprint density at radius 1 is 0.971 bits per heavy atom. The van der Waals surface area contributed by atoms with Crippen molar-refractivity contribution >= 4 is 12.1 Å². The summed E-state index contributed by atoms with van der Waals surface area (Å²) in [6.45, 7) is 3.84. The first-order chi connectivity index (χ1) is 17.0. The summed E-state index contributed by atoms with van der Waals surface area (Å²) >= 11 is 0. The van der Waals surface area contributed by atoms with Gasteiger partial charge in [0.05, 0.1) is 12.2 Å². The number of amides is 1. The molecule has 3 aromatic rings. The molecule has 1 fully saturated rings. The van der Waals surface area contributed by atoms with Gasteiger partial charge in [-0.05, 0) is 92.1 Å². The molecule has 2 heterocycles. The quantitative estimate of drug-likeness (QED) is 0.485. The SMILES string of the molecule is Cc1cccnc1CCc1ccc(OC(=O)N2CCC(COc3ccc(C(=O)O)cc3)CC2)cc1. The molecule has 0 spiro atoms. The number of nitrogens with zero attached hydrogens (tertiary/aromatic N) is 2. The lowest BCUT2D eigenvalue weighted by Crippen LogP contribution is -2.41. The van der Waals surface area contributed by atoms with Crippen LogP contribution in [0.15, 0.2) is 66.9 Å². The summed E-state index contributed by atoms with van der Waals surface area (Å²) in [4.78, 5) is 29.7. The number of carboxylic acid groups (broad SMARTS) is 1. The standard InChI is InChI=1S/C28H30N2O5/c1-20-3-2-16-29-26(20)13-6-21-4-9-25(10-5-21)35-28(33)30-17-14-22(15-18-30)19-34-24-11-7-23(8-12-24)27(31)32/h2-5,7-12,16,22H,6,13-15,17-19H2,1H3,(H,31,32). The molecule has 0 atom stereocenters. The number of aromatic carboxylic acids is 1. The number of piperidine rings is 1. The average Bonchev–Trinajstić information content (AvgIpc) is 2.88. The lowest BCUT2D eigenvalue weighted by molar-refractivity contribution is 0.0696. The predicted molar refractivity (Wildman–Crippen MR) is 132 cm³/mol. The topological polar surface area (TPSA) is 89.0 Å². The predicted octanol–water partition coefficient (Wildman–Crippen LogP) is 5.16. The van der Waals surface area contributed by atoms with Crippen molar-refractivity contribution in [3.05, 3.63) is 89.2 Å². The lowest BCUT2D eigenvalue weighted by atomic mass is 9.98. The van der Waals surface area contributed by atoms with E-state index < -0.39 is 5.97 Å². The summed E-state index contributed by atoms with van der Waals surface area (Å²) in [6.07, 6.45) is 4.90. The Morgan fingerprint density at radius 2 is 1.66 bits per heavy atom. The molecule has 182 valence electrons. The van der Waals surface area contributed by atoms with Gasteiger partial charge in [-0.1, -0.05) is 18.2 Å². The van der Waals surface area contributed by atoms with Gasteiger partial charge in [-0.15, -0.1) is 0 Å². The first-order valence-electron chi connectivity index (χ1n) is 11.9. The van der Waals surface area contributed by atoms with Crippen molar-refractivity contribution in [3.8, 4) is 11.5 Å². The van der Waals surface area contributed by atoms with Gasteiger partial charge in [0, 0.05) is 25.0 Å². The molecule has 7 nitrogen and oxygen atoms in total. The molecule has 1 saturated heterocycles. The molecule has 0 saturated carbocycles. The number of hydrogen-bond donors (Lipinski definition) is 1. The molecule has 1 amide bonds. The maximum absolute atomic E-state index is 12.6. The van der Waals surface area contributed by atoms with E-state index in [-0.39, 0.29) is 11.7 Å². The van der Waals surface area contributed by atoms with Crippen molar-refractivity contribution in [1.29, 1.82) is 0 Å². The van der Waals surface area contributed by atoms with Crippen molar-refractivity contribution in [1.82, 2.24) is 9.88 Å². The molecular formula is C28H30N2O5. The Balaban J connectivity index is 1.18. The van der Waals surface area contributed by atoms with E-state index in [0.29, 0.717) is 37.1 Å². The molecule has 7 heteroatoms. The minimum absolute atomic E-state index is 0.235. The van der Waals surface area contributed by atoms with E-state index in [0.717, 1.165) is 31.4 Å². The average molecular weight is 475 g/mol. The van der Waals surface area contributed by atoms with E-state index in [4.69, 9.17) is 14.6 Å². The van der Waals surface area contributed by atoms with Gasteiger partial charge in [0.25, 0.3) is 0 Å². The highest BCUT2D eigenvalue weighted by Crippen LogP contribution is 2.22. The molecular weight excluding hydrogens is 444 g/mol. The van der Waals surface area contributed by atoms with Crippen LogP contribution >= 0.6 is 0 Å². The van der Waals surface area contributed by atoms with Gasteiger partial charge < -0.3 is 19.5 Å². The molecule has 2 aromatic carbocycles. The third-order valence-electron chi connectivity index (χ3n) is 6.36. The summed E-state index contributed by atoms with van der Waals surface area (Å²) in [7, 11) is 0. The smallest absolute Gasteiger partial charge is 0.415 e. The van der Waals surface area contributed by atoms with Crippen LogP contribution in [0.3, 0.4) is 0 Å². The number of aryl methyl sites for hydroxylation is 3. The van der Waals surface area contributed by atoms with E-state index in [1.165, 1.54) is 23.3 Å². The summed E-state index contributed by atoms with van der Waals surface area (Å²) in [5.74, 6) is 0.571. The summed E-state index contributed by atoms with van der Waals surface area (Å²) in [6, 6.07) is 18.1. The maximum atomic E-state index is 12.6. The van der Waals surface area contributed by atoms with E-state index >= 15 is 0 Å². The Bertz CT molecular complexity index is 1140. The minimum atomic E-state index is -0.956. The van der Waals surface area contributed by atoms with Crippen LogP contribution in [0, 0.1) is 12.8 Å². The lowest BCUT2D eigenvalue weighted by Gasteiger charge is -2.31. The van der Waals surface area contributed by atoms with Crippen molar-refractivity contribution in [2.75, 3.05) is 19.7 Å². The fraction of sp³-hybridized carbons (Fsp3) is 0.321. The monoisotopic (exact) mass is 474 g/mol. The van der Waals surface area contributed by atoms with Gasteiger partial charge in [0.1, 0.15) is 11.5 Å². The van der Waals surface area contributed by atoms with Crippen LogP contribution in [0.2, 0.25) is 0 Å². The normalized spacial score (nSPS) is 13.9. The van der Waals surface area contributed by atoms with Gasteiger partial charge in [-0.3, -0.25) is 4.98 Å². The first kappa shape index (κ1) is 24.3. The van der Waals surface area contributed by atoms with E-state index in [9.17, 15) is 9.59 Å². The second-order valence-electron chi connectivity index (χ2n) is 8.85. The minimum Gasteiger partial charge on any atom is -0.493 e. The molecule has 0 unspecified atom stereocenters. The highest BCUT2D eigenvalue weighted by atomic mass is 16.6. The van der Waals surface area contributed by atoms with Gasteiger partial charge in [0.2, 0.25) is 0 Å². The first-order valence-corrected chi connectivity index (χ1v) is 11.9. The van der Waals surface area contributed by atoms with Crippen molar-refractivity contribution in [3.63, 3.8) is 0 Å². The number of benzene rings is 2. The number of carboxylic acids is 1. The van der Waals surface area contributed by atoms with Crippen LogP contribution < -0.4 is 9.47 Å². The highest BCUT2D eigenvalue weighted by molar-refractivity contribution is 5.87. The van der Waals surface area contributed by atoms with Gasteiger partial charge >= 0.3 is 12.1 Å². The summed E-state index contributed by atoms with van der Waals surface area (Å²) < 4.78 is 11.4. The molecule has 1 N–H and O–H groups in total. The van der Waals surface area contributed by atoms with Crippen molar-refractivity contribution in [2.24, 2.45) is 5.92 Å². The number of aromatic nitrogens is 1. The maximum Gasteiger partial charge on any atom is 0.415 e. The fourth-order valence-corrected chi connectivity index (χ4v) is 4.12. The van der Waals surface area contributed by atoms with E-state index in [2.05, 4.69) is 18.0 Å². The van der Waals surface area contributed by atoms with Gasteiger partial charge in [0.15, 0.2) is 0 Å². The van der Waals surface area contributed by atoms with E-state index in [1.807, 2.05) is 36.5 Å². The second kappa shape index (κ2) is 11.5. The van der Waals surface area contributed by atoms with Crippen LogP contribution in [0.5, 0.6) is 11.5 Å². The Kier molecular flexibility index (Phi) is 7.98. The second-order valence-corrected chi connectivity index (χ2v) is 8.85. The molecule has 1 aromatic heterocycles. The summed E-state index contributed by atoms with van der Waals surface area (Å²) in [5, 5.41) is 8.97. The number of likely N-dealkylation sites (tertiary alicyclic amines) is 1. The third-order valence-corrected chi connectivity index (χ3v) is 6.36. The number of ether oxygens (including phenoxy) is 2. The van der Waals surface area contributed by atoms with Crippen LogP contribution in [0.1, 0.15) is 40.0 Å². The van der Waals surface area contributed by atoms with Crippen LogP contribution in [-0.4, -0.2) is 46.7 Å². The summed E-state index contributed by atoms with van der Waals surface area (Å²) in [5.41, 5.74) is 3.71. The molecule has 1 aliphatic rings. The number of hydrogen-bond acceptors (Lipinski definition) is 5. The number of pyridine rings is 1. The molecule has 4 rings (SSSR count). The molecule has 0 bridgehead atoms. The largest absolute Gasteiger partial charge is 0.493 e. The molecule has 0 aliphatic carbocycles. The number of rotatable bonds is 8. The zero-order valence-electron chi connectivity index (χ0n) is 19.9. The van der Waals surface area contributed by atoms with Crippen LogP contribution in [-0.2, 0) is 12.8 Å². The van der Waals surface area contributed by atoms with E-state index in [1.54, 1.807) is 17.0 Å². The van der Waals surface area contributed by atoms with Crippen molar-refractivity contribution < 1.29 is 24.2 Å². The molecule has 0 radical (unpaired) electrons. The Morgan fingerprint density at radius 3 is 2.31 bits per heavy atom. The highest BCUT2D eigenvalue weighted by Gasteiger charge is 2.24. The molecule has 35 heavy (non-hydrogen) atoms. The van der Waals surface area contributed by atoms with Gasteiger partial charge in [-0.25, -0.2) is 9.59 Å². The number of carbonyl (C=O) groups excluding carboxylic acids is 1. The zero-order valence-corrected chi connectivity index (χ0v) is 19.9. The molecule has 1 aliphatic heterocycles. The zero-order chi connectivity index (χ0) is 24.6. The third kappa shape index (κ3) is 6.82.